The first kappa shape index (κ1) is 20.0. The maximum absolute atomic E-state index is 12.0. The lowest BCUT2D eigenvalue weighted by Gasteiger charge is -2.08. The molecular formula is C27H22N2O2. The van der Waals surface area contributed by atoms with Crippen molar-refractivity contribution in [2.75, 3.05) is 11.5 Å². The van der Waals surface area contributed by atoms with Gasteiger partial charge in [0.15, 0.2) is 0 Å². The fourth-order valence-electron chi connectivity index (χ4n) is 3.29. The number of anilines is 2. The van der Waals surface area contributed by atoms with Crippen LogP contribution in [0.4, 0.5) is 11.4 Å². The van der Waals surface area contributed by atoms with E-state index in [4.69, 9.17) is 16.2 Å². The molecule has 4 aromatic rings. The molecule has 0 heterocycles. The molecule has 0 radical (unpaired) electrons. The van der Waals surface area contributed by atoms with E-state index in [0.29, 0.717) is 17.1 Å². The number of ether oxygens (including phenoxy) is 1. The SMILES string of the molecule is Nc1cc(N)cc(-c2ccc(-c3ccc(OC(=O)C=Cc4ccccc4)cc3)cc2)c1. The molecule has 4 N–H and O–H groups in total. The number of hydrogen-bond acceptors (Lipinski definition) is 4. The van der Waals surface area contributed by atoms with Crippen LogP contribution < -0.4 is 16.2 Å². The van der Waals surface area contributed by atoms with Crippen LogP contribution in [0.25, 0.3) is 28.3 Å². The van der Waals surface area contributed by atoms with Crippen LogP contribution in [0.15, 0.2) is 103 Å². The van der Waals surface area contributed by atoms with Crippen molar-refractivity contribution in [3.05, 3.63) is 109 Å². The lowest BCUT2D eigenvalue weighted by molar-refractivity contribution is -0.128. The number of rotatable bonds is 5. The predicted molar refractivity (Wildman–Crippen MR) is 127 cm³/mol. The number of nitrogen functional groups attached to an aromatic ring is 2. The Labute approximate surface area is 181 Å². The minimum atomic E-state index is -0.414. The van der Waals surface area contributed by atoms with E-state index in [2.05, 4.69) is 0 Å². The summed E-state index contributed by atoms with van der Waals surface area (Å²) in [6.07, 6.45) is 3.15. The third kappa shape index (κ3) is 5.19. The van der Waals surface area contributed by atoms with Crippen LogP contribution in [0, 0.1) is 0 Å². The highest BCUT2D eigenvalue weighted by molar-refractivity contribution is 5.88. The maximum atomic E-state index is 12.0. The lowest BCUT2D eigenvalue weighted by Crippen LogP contribution is -2.03. The molecule has 0 spiro atoms. The highest BCUT2D eigenvalue weighted by Crippen LogP contribution is 2.28. The van der Waals surface area contributed by atoms with Gasteiger partial charge in [0.2, 0.25) is 0 Å². The molecule has 0 fully saturated rings. The summed E-state index contributed by atoms with van der Waals surface area (Å²) in [6.45, 7) is 0. The molecule has 0 atom stereocenters. The van der Waals surface area contributed by atoms with Crippen molar-refractivity contribution in [2.24, 2.45) is 0 Å². The molecule has 0 unspecified atom stereocenters. The van der Waals surface area contributed by atoms with Crippen molar-refractivity contribution in [3.8, 4) is 28.0 Å². The first-order chi connectivity index (χ1) is 15.1. The molecule has 0 aliphatic rings. The van der Waals surface area contributed by atoms with E-state index < -0.39 is 5.97 Å². The molecule has 4 nitrogen and oxygen atoms in total. The first-order valence-electron chi connectivity index (χ1n) is 9.89. The van der Waals surface area contributed by atoms with Crippen LogP contribution in [-0.4, -0.2) is 5.97 Å². The van der Waals surface area contributed by atoms with Gasteiger partial charge in [-0.25, -0.2) is 4.79 Å². The molecule has 0 saturated carbocycles. The number of carbonyl (C=O) groups excluding carboxylic acids is 1. The summed E-state index contributed by atoms with van der Waals surface area (Å²) in [5.41, 5.74) is 18.1. The summed E-state index contributed by atoms with van der Waals surface area (Å²) < 4.78 is 5.38. The fourth-order valence-corrected chi connectivity index (χ4v) is 3.29. The lowest BCUT2D eigenvalue weighted by atomic mass is 9.99. The normalized spacial score (nSPS) is 10.8. The minimum Gasteiger partial charge on any atom is -0.423 e. The van der Waals surface area contributed by atoms with Gasteiger partial charge < -0.3 is 16.2 Å². The zero-order chi connectivity index (χ0) is 21.6. The quantitative estimate of drug-likeness (QED) is 0.190. The number of nitrogens with two attached hydrogens (primary N) is 2. The van der Waals surface area contributed by atoms with E-state index in [1.54, 1.807) is 24.3 Å². The Kier molecular flexibility index (Phi) is 5.81. The second-order valence-electron chi connectivity index (χ2n) is 7.16. The summed E-state index contributed by atoms with van der Waals surface area (Å²) in [5.74, 6) is 0.0840. The molecule has 0 amide bonds. The molecule has 0 aromatic heterocycles. The van der Waals surface area contributed by atoms with Gasteiger partial charge in [-0.1, -0.05) is 66.7 Å². The van der Waals surface area contributed by atoms with Gasteiger partial charge in [-0.2, -0.15) is 0 Å². The van der Waals surface area contributed by atoms with E-state index in [1.165, 1.54) is 6.08 Å². The maximum Gasteiger partial charge on any atom is 0.336 e. The Hall–Kier alpha value is -4.31. The fraction of sp³-hybridized carbons (Fsp3) is 0. The number of hydrogen-bond donors (Lipinski definition) is 2. The van der Waals surface area contributed by atoms with E-state index in [1.807, 2.05) is 78.9 Å². The molecule has 4 rings (SSSR count). The smallest absolute Gasteiger partial charge is 0.336 e. The van der Waals surface area contributed by atoms with E-state index in [0.717, 1.165) is 27.8 Å². The van der Waals surface area contributed by atoms with Gasteiger partial charge in [-0.05, 0) is 64.2 Å². The molecule has 0 saturated heterocycles. The van der Waals surface area contributed by atoms with Crippen LogP contribution in [0.3, 0.4) is 0 Å². The zero-order valence-corrected chi connectivity index (χ0v) is 16.9. The Morgan fingerprint density at radius 1 is 0.645 bits per heavy atom. The first-order valence-corrected chi connectivity index (χ1v) is 9.89. The van der Waals surface area contributed by atoms with Crippen LogP contribution in [0.1, 0.15) is 5.56 Å². The van der Waals surface area contributed by atoms with E-state index in [-0.39, 0.29) is 0 Å². The van der Waals surface area contributed by atoms with Crippen molar-refractivity contribution < 1.29 is 9.53 Å². The van der Waals surface area contributed by atoms with E-state index in [9.17, 15) is 4.79 Å². The van der Waals surface area contributed by atoms with E-state index >= 15 is 0 Å². The molecular weight excluding hydrogens is 384 g/mol. The summed E-state index contributed by atoms with van der Waals surface area (Å²) in [5, 5.41) is 0. The molecule has 4 heteroatoms. The third-order valence-corrected chi connectivity index (χ3v) is 4.81. The second kappa shape index (κ2) is 9.01. The van der Waals surface area contributed by atoms with Crippen LogP contribution in [-0.2, 0) is 4.79 Å². The summed E-state index contributed by atoms with van der Waals surface area (Å²) in [4.78, 5) is 12.0. The molecule has 4 aromatic carbocycles. The molecule has 152 valence electrons. The van der Waals surface area contributed by atoms with Gasteiger partial charge in [-0.3, -0.25) is 0 Å². The Morgan fingerprint density at radius 2 is 1.16 bits per heavy atom. The summed E-state index contributed by atoms with van der Waals surface area (Å²) in [6, 6.07) is 30.7. The Balaban J connectivity index is 1.43. The second-order valence-corrected chi connectivity index (χ2v) is 7.16. The van der Waals surface area contributed by atoms with Crippen molar-refractivity contribution in [2.45, 2.75) is 0 Å². The predicted octanol–water partition coefficient (Wildman–Crippen LogP) is 5.80. The number of benzene rings is 4. The zero-order valence-electron chi connectivity index (χ0n) is 16.9. The van der Waals surface area contributed by atoms with Gasteiger partial charge in [-0.15, -0.1) is 0 Å². The monoisotopic (exact) mass is 406 g/mol. The van der Waals surface area contributed by atoms with Crippen LogP contribution >= 0.6 is 0 Å². The van der Waals surface area contributed by atoms with Crippen molar-refractivity contribution in [3.63, 3.8) is 0 Å². The average molecular weight is 406 g/mol. The number of carbonyl (C=O) groups is 1. The molecule has 0 aliphatic carbocycles. The third-order valence-electron chi connectivity index (χ3n) is 4.81. The average Bonchev–Trinajstić information content (AvgIpc) is 2.78. The molecule has 0 bridgehead atoms. The molecule has 0 aliphatic heterocycles. The molecule has 31 heavy (non-hydrogen) atoms. The number of esters is 1. The van der Waals surface area contributed by atoms with Crippen molar-refractivity contribution in [1.29, 1.82) is 0 Å². The summed E-state index contributed by atoms with van der Waals surface area (Å²) >= 11 is 0. The Bertz CT molecular complexity index is 1190. The largest absolute Gasteiger partial charge is 0.423 e. The highest BCUT2D eigenvalue weighted by Gasteiger charge is 2.04. The summed E-state index contributed by atoms with van der Waals surface area (Å²) in [7, 11) is 0. The Morgan fingerprint density at radius 3 is 1.74 bits per heavy atom. The van der Waals surface area contributed by atoms with Gasteiger partial charge in [0.25, 0.3) is 0 Å². The van der Waals surface area contributed by atoms with Crippen LogP contribution in [0.5, 0.6) is 5.75 Å². The van der Waals surface area contributed by atoms with Crippen molar-refractivity contribution >= 4 is 23.4 Å². The van der Waals surface area contributed by atoms with Gasteiger partial charge >= 0.3 is 5.97 Å². The standard InChI is InChI=1S/C27H22N2O2/c28-24-16-23(17-25(29)18-24)22-9-7-20(8-10-22)21-11-13-26(14-12-21)31-27(30)15-6-19-4-2-1-3-5-19/h1-18H,28-29H2. The van der Waals surface area contributed by atoms with Crippen molar-refractivity contribution in [1.82, 2.24) is 0 Å². The van der Waals surface area contributed by atoms with Gasteiger partial charge in [0.1, 0.15) is 5.75 Å². The topological polar surface area (TPSA) is 78.3 Å². The minimum absolute atomic E-state index is 0.414. The van der Waals surface area contributed by atoms with Gasteiger partial charge in [0.05, 0.1) is 0 Å². The van der Waals surface area contributed by atoms with Gasteiger partial charge in [0, 0.05) is 17.5 Å². The van der Waals surface area contributed by atoms with Crippen LogP contribution in [0.2, 0.25) is 0 Å². The highest BCUT2D eigenvalue weighted by atomic mass is 16.5.